The van der Waals surface area contributed by atoms with Gasteiger partial charge in [-0.3, -0.25) is 0 Å². The van der Waals surface area contributed by atoms with Gasteiger partial charge in [-0.2, -0.15) is 0 Å². The summed E-state index contributed by atoms with van der Waals surface area (Å²) in [6, 6.07) is 62.5. The van der Waals surface area contributed by atoms with Crippen LogP contribution in [-0.2, 0) is 16.2 Å². The van der Waals surface area contributed by atoms with Gasteiger partial charge in [0.2, 0.25) is 0 Å². The van der Waals surface area contributed by atoms with Gasteiger partial charge in [-0.15, -0.1) is 0 Å². The lowest BCUT2D eigenvalue weighted by Gasteiger charge is -2.46. The first-order chi connectivity index (χ1) is 35.8. The minimum atomic E-state index is -0.164. The highest BCUT2D eigenvalue weighted by Gasteiger charge is 2.45. The summed E-state index contributed by atoms with van der Waals surface area (Å²) >= 11 is 0. The summed E-state index contributed by atoms with van der Waals surface area (Å²) in [5.41, 5.74) is 27.7. The van der Waals surface area contributed by atoms with Gasteiger partial charge in [0.05, 0.1) is 22.4 Å². The summed E-state index contributed by atoms with van der Waals surface area (Å²) in [5, 5.41) is 4.80. The Morgan fingerprint density at radius 2 is 0.987 bits per heavy atom. The molecular weight excluding hydrogens is 910 g/mol. The van der Waals surface area contributed by atoms with Crippen molar-refractivity contribution in [3.8, 4) is 16.8 Å². The van der Waals surface area contributed by atoms with E-state index in [1.54, 1.807) is 0 Å². The number of fused-ring (bicyclic) bond motifs is 10. The fraction of sp³-hybridized carbons (Fsp3) is 0.229. The molecule has 0 saturated carbocycles. The molecule has 2 aliphatic rings. The summed E-state index contributed by atoms with van der Waals surface area (Å²) in [5.74, 6) is 0. The molecule has 5 heteroatoms. The Labute approximate surface area is 443 Å². The van der Waals surface area contributed by atoms with Crippen LogP contribution in [0.25, 0.3) is 60.6 Å². The molecule has 0 aliphatic carbocycles. The molecule has 9 aromatic carbocycles. The van der Waals surface area contributed by atoms with E-state index >= 15 is 0 Å². The Hall–Kier alpha value is -7.76. The molecule has 0 saturated heterocycles. The molecular formula is C70H66BN3O. The fourth-order valence-corrected chi connectivity index (χ4v) is 12.8. The van der Waals surface area contributed by atoms with Gasteiger partial charge in [-0.1, -0.05) is 165 Å². The maximum Gasteiger partial charge on any atom is 0.252 e. The van der Waals surface area contributed by atoms with Crippen LogP contribution in [0.5, 0.6) is 0 Å². The smallest absolute Gasteiger partial charge is 0.252 e. The number of hydrogen-bond acceptors (Lipinski definition) is 3. The SMILES string of the molecule is Cc1cc(-c2cccc3c2oc2ccccc23)cc(C)c1N1c2cc3c(cc2B2c4cc(C(C)(C)C)ccc4N(c4ccc(C(C)(C)C)cc4)c4cc(C(C)(C)C)cc1c42)c1ccccc1n3-c1c(C)cccc1C. The third-order valence-corrected chi connectivity index (χ3v) is 16.7. The average Bonchev–Trinajstić information content (AvgIpc) is 3.93. The molecule has 0 radical (unpaired) electrons. The van der Waals surface area contributed by atoms with Gasteiger partial charge in [0.1, 0.15) is 11.2 Å². The van der Waals surface area contributed by atoms with Crippen LogP contribution in [0.3, 0.4) is 0 Å². The van der Waals surface area contributed by atoms with Crippen molar-refractivity contribution < 1.29 is 4.42 Å². The Balaban J connectivity index is 1.16. The number of nitrogens with zero attached hydrogens (tertiary/aromatic N) is 3. The van der Waals surface area contributed by atoms with E-state index in [9.17, 15) is 0 Å². The fourth-order valence-electron chi connectivity index (χ4n) is 12.8. The van der Waals surface area contributed by atoms with E-state index < -0.39 is 0 Å². The lowest BCUT2D eigenvalue weighted by molar-refractivity contribution is 0.589. The monoisotopic (exact) mass is 976 g/mol. The topological polar surface area (TPSA) is 24.6 Å². The second-order valence-corrected chi connectivity index (χ2v) is 24.9. The molecule has 0 unspecified atom stereocenters. The molecule has 0 atom stereocenters. The van der Waals surface area contributed by atoms with Gasteiger partial charge in [0, 0.05) is 55.5 Å². The highest BCUT2D eigenvalue weighted by Crippen LogP contribution is 2.50. The minimum Gasteiger partial charge on any atom is -0.455 e. The first-order valence-corrected chi connectivity index (χ1v) is 27.0. The van der Waals surface area contributed by atoms with Crippen molar-refractivity contribution in [1.82, 2.24) is 4.57 Å². The molecule has 0 amide bonds. The van der Waals surface area contributed by atoms with Gasteiger partial charge >= 0.3 is 0 Å². The van der Waals surface area contributed by atoms with Crippen molar-refractivity contribution in [2.24, 2.45) is 0 Å². The first-order valence-electron chi connectivity index (χ1n) is 27.0. The maximum atomic E-state index is 6.69. The molecule has 370 valence electrons. The molecule has 75 heavy (non-hydrogen) atoms. The van der Waals surface area contributed by atoms with E-state index in [1.807, 2.05) is 0 Å². The standard InChI is InChI=1S/C70H66BN3O/c1-41-20-18-21-42(2)65(41)73-57-26-16-14-22-51(57)54-39-56-60(40-59(54)73)74(66-43(3)34-45(35-44(66)4)50-24-19-25-53-52-23-15-17-27-63(52)75-67(50)53)62-38-48(70(11,12)13)37-61-64(62)71(56)55-36-47(69(8,9)10)30-33-58(55)72(61)49-31-28-46(29-32-49)68(5,6)7/h14-40H,1-13H3. The molecule has 0 spiro atoms. The number of para-hydroxylation sites is 4. The van der Waals surface area contributed by atoms with Crippen LogP contribution in [0.15, 0.2) is 168 Å². The summed E-state index contributed by atoms with van der Waals surface area (Å²) in [7, 11) is 0. The number of hydrogen-bond donors (Lipinski definition) is 0. The van der Waals surface area contributed by atoms with Crippen LogP contribution in [0.2, 0.25) is 0 Å². The normalized spacial score (nSPS) is 13.6. The van der Waals surface area contributed by atoms with Crippen LogP contribution in [0.4, 0.5) is 34.1 Å². The van der Waals surface area contributed by atoms with Crippen LogP contribution >= 0.6 is 0 Å². The Morgan fingerprint density at radius 1 is 0.400 bits per heavy atom. The number of benzene rings is 9. The first kappa shape index (κ1) is 47.0. The highest BCUT2D eigenvalue weighted by molar-refractivity contribution is 7.00. The second kappa shape index (κ2) is 16.4. The van der Waals surface area contributed by atoms with Crippen molar-refractivity contribution >= 4 is 101 Å². The largest absolute Gasteiger partial charge is 0.455 e. The van der Waals surface area contributed by atoms with Gasteiger partial charge < -0.3 is 18.8 Å². The summed E-state index contributed by atoms with van der Waals surface area (Å²) in [4.78, 5) is 5.26. The predicted octanol–water partition coefficient (Wildman–Crippen LogP) is 17.6. The van der Waals surface area contributed by atoms with Gasteiger partial charge in [0.15, 0.2) is 0 Å². The van der Waals surface area contributed by atoms with Crippen LogP contribution in [-0.4, -0.2) is 11.3 Å². The zero-order valence-electron chi connectivity index (χ0n) is 45.9. The molecule has 0 N–H and O–H groups in total. The number of anilines is 6. The molecule has 11 aromatic rings. The number of aryl methyl sites for hydroxylation is 4. The van der Waals surface area contributed by atoms with Crippen molar-refractivity contribution in [2.45, 2.75) is 106 Å². The van der Waals surface area contributed by atoms with Crippen molar-refractivity contribution in [1.29, 1.82) is 0 Å². The van der Waals surface area contributed by atoms with Crippen molar-refractivity contribution in [3.63, 3.8) is 0 Å². The second-order valence-electron chi connectivity index (χ2n) is 24.9. The molecule has 13 rings (SSSR count). The summed E-state index contributed by atoms with van der Waals surface area (Å²) in [6.07, 6.45) is 0. The minimum absolute atomic E-state index is 0.0246. The van der Waals surface area contributed by atoms with Crippen LogP contribution in [0, 0.1) is 27.7 Å². The molecule has 0 fully saturated rings. The van der Waals surface area contributed by atoms with Crippen molar-refractivity contribution in [2.75, 3.05) is 9.80 Å². The molecule has 2 aromatic heterocycles. The van der Waals surface area contributed by atoms with E-state index in [4.69, 9.17) is 4.42 Å². The number of rotatable bonds is 4. The Bertz CT molecular complexity index is 4140. The van der Waals surface area contributed by atoms with Crippen LogP contribution < -0.4 is 26.2 Å². The van der Waals surface area contributed by atoms with E-state index in [0.717, 1.165) is 33.1 Å². The maximum absolute atomic E-state index is 6.69. The zero-order valence-corrected chi connectivity index (χ0v) is 45.9. The van der Waals surface area contributed by atoms with Crippen LogP contribution in [0.1, 0.15) is 101 Å². The average molecular weight is 976 g/mol. The number of aromatic nitrogens is 1. The lowest BCUT2D eigenvalue weighted by atomic mass is 9.33. The van der Waals surface area contributed by atoms with Gasteiger partial charge in [0.25, 0.3) is 6.71 Å². The molecule has 4 heterocycles. The lowest BCUT2D eigenvalue weighted by Crippen LogP contribution is -2.61. The molecule has 4 nitrogen and oxygen atoms in total. The third kappa shape index (κ3) is 7.17. The summed E-state index contributed by atoms with van der Waals surface area (Å²) in [6.45, 7) is 30.1. The van der Waals surface area contributed by atoms with E-state index in [0.29, 0.717) is 0 Å². The molecule has 2 aliphatic heterocycles. The predicted molar refractivity (Wildman–Crippen MR) is 323 cm³/mol. The van der Waals surface area contributed by atoms with Crippen molar-refractivity contribution in [3.05, 3.63) is 203 Å². The number of furan rings is 1. The Morgan fingerprint density at radius 3 is 1.67 bits per heavy atom. The Kier molecular flexibility index (Phi) is 10.3. The quantitative estimate of drug-likeness (QED) is 0.164. The van der Waals surface area contributed by atoms with Gasteiger partial charge in [-0.25, -0.2) is 0 Å². The van der Waals surface area contributed by atoms with E-state index in [-0.39, 0.29) is 23.0 Å². The molecule has 0 bridgehead atoms. The van der Waals surface area contributed by atoms with E-state index in [1.165, 1.54) is 117 Å². The van der Waals surface area contributed by atoms with E-state index in [2.05, 4.69) is 268 Å². The zero-order chi connectivity index (χ0) is 52.2. The third-order valence-electron chi connectivity index (χ3n) is 16.7. The highest BCUT2D eigenvalue weighted by atomic mass is 16.3. The van der Waals surface area contributed by atoms with Gasteiger partial charge in [-0.05, 0) is 165 Å². The summed E-state index contributed by atoms with van der Waals surface area (Å²) < 4.78 is 9.23.